The van der Waals surface area contributed by atoms with Crippen molar-refractivity contribution >= 4 is 40.4 Å². The highest BCUT2D eigenvalue weighted by Crippen LogP contribution is 2.24. The van der Waals surface area contributed by atoms with Gasteiger partial charge in [0.05, 0.1) is 17.7 Å². The number of phenols is 1. The molecule has 0 aromatic heterocycles. The van der Waals surface area contributed by atoms with Gasteiger partial charge >= 0.3 is 0 Å². The maximum atomic E-state index is 12.5. The van der Waals surface area contributed by atoms with Gasteiger partial charge in [-0.1, -0.05) is 60.8 Å². The zero-order chi connectivity index (χ0) is 22.5. The molecule has 0 unspecified atom stereocenters. The van der Waals surface area contributed by atoms with E-state index in [4.69, 9.17) is 11.6 Å². The summed E-state index contributed by atoms with van der Waals surface area (Å²) < 4.78 is 0. The van der Waals surface area contributed by atoms with Crippen LogP contribution in [0.5, 0.6) is 5.75 Å². The number of hydrogen-bond donors (Lipinski definition) is 3. The number of hydrazone groups is 1. The van der Waals surface area contributed by atoms with Crippen molar-refractivity contribution in [3.8, 4) is 5.75 Å². The third-order valence-electron chi connectivity index (χ3n) is 5.70. The van der Waals surface area contributed by atoms with E-state index in [0.717, 1.165) is 34.7 Å². The smallest absolute Gasteiger partial charge is 0.271 e. The van der Waals surface area contributed by atoms with Crippen molar-refractivity contribution in [1.29, 1.82) is 0 Å². The van der Waals surface area contributed by atoms with Crippen molar-refractivity contribution in [2.45, 2.75) is 38.1 Å². The third-order valence-corrected chi connectivity index (χ3v) is 6.00. The molecule has 164 valence electrons. The van der Waals surface area contributed by atoms with Gasteiger partial charge in [-0.2, -0.15) is 5.10 Å². The molecule has 3 aromatic carbocycles. The van der Waals surface area contributed by atoms with Crippen LogP contribution in [-0.4, -0.2) is 29.2 Å². The fraction of sp³-hybridized carbons (Fsp3) is 0.240. The van der Waals surface area contributed by atoms with Gasteiger partial charge in [-0.15, -0.1) is 0 Å². The van der Waals surface area contributed by atoms with E-state index >= 15 is 0 Å². The van der Waals surface area contributed by atoms with E-state index in [9.17, 15) is 14.7 Å². The van der Waals surface area contributed by atoms with Crippen molar-refractivity contribution in [3.63, 3.8) is 0 Å². The summed E-state index contributed by atoms with van der Waals surface area (Å²) in [6, 6.07) is 16.2. The summed E-state index contributed by atoms with van der Waals surface area (Å²) in [6.07, 6.45) is 6.38. The lowest BCUT2D eigenvalue weighted by Gasteiger charge is -2.13. The summed E-state index contributed by atoms with van der Waals surface area (Å²) >= 11 is 5.85. The van der Waals surface area contributed by atoms with E-state index in [-0.39, 0.29) is 16.7 Å². The van der Waals surface area contributed by atoms with Crippen molar-refractivity contribution in [2.24, 2.45) is 5.10 Å². The van der Waals surface area contributed by atoms with Crippen LogP contribution in [0.3, 0.4) is 0 Å². The van der Waals surface area contributed by atoms with Gasteiger partial charge in [0.1, 0.15) is 5.75 Å². The quantitative estimate of drug-likeness (QED) is 0.380. The van der Waals surface area contributed by atoms with E-state index in [1.165, 1.54) is 31.0 Å². The van der Waals surface area contributed by atoms with Crippen LogP contribution < -0.4 is 10.7 Å². The molecule has 7 heteroatoms. The van der Waals surface area contributed by atoms with Gasteiger partial charge in [-0.25, -0.2) is 5.43 Å². The summed E-state index contributed by atoms with van der Waals surface area (Å²) in [6.45, 7) is 0. The predicted octanol–water partition coefficient (Wildman–Crippen LogP) is 4.56. The first kappa shape index (κ1) is 21.8. The largest absolute Gasteiger partial charge is 0.506 e. The van der Waals surface area contributed by atoms with Crippen molar-refractivity contribution in [3.05, 3.63) is 76.3 Å². The highest BCUT2D eigenvalue weighted by atomic mass is 35.5. The first-order valence-electron chi connectivity index (χ1n) is 10.6. The van der Waals surface area contributed by atoms with Gasteiger partial charge < -0.3 is 10.4 Å². The number of carbonyl (C=O) groups excluding carboxylic acids is 2. The van der Waals surface area contributed by atoms with Crippen LogP contribution in [0.25, 0.3) is 10.8 Å². The maximum Gasteiger partial charge on any atom is 0.271 e. The molecule has 4 rings (SSSR count). The predicted molar refractivity (Wildman–Crippen MR) is 126 cm³/mol. The second-order valence-corrected chi connectivity index (χ2v) is 8.36. The average Bonchev–Trinajstić information content (AvgIpc) is 3.30. The van der Waals surface area contributed by atoms with Crippen LogP contribution in [-0.2, 0) is 11.2 Å². The zero-order valence-electron chi connectivity index (χ0n) is 17.5. The van der Waals surface area contributed by atoms with Crippen LogP contribution >= 0.6 is 11.6 Å². The third kappa shape index (κ3) is 5.08. The number of amides is 2. The molecule has 0 radical (unpaired) electrons. The zero-order valence-corrected chi connectivity index (χ0v) is 18.2. The summed E-state index contributed by atoms with van der Waals surface area (Å²) in [5.41, 5.74) is 4.54. The monoisotopic (exact) mass is 449 g/mol. The molecule has 32 heavy (non-hydrogen) atoms. The van der Waals surface area contributed by atoms with Gasteiger partial charge in [0.2, 0.25) is 5.91 Å². The van der Waals surface area contributed by atoms with Crippen molar-refractivity contribution in [1.82, 2.24) is 10.7 Å². The molecule has 3 N–H and O–H groups in total. The molecule has 1 fully saturated rings. The first-order valence-corrected chi connectivity index (χ1v) is 11.0. The van der Waals surface area contributed by atoms with Crippen LogP contribution in [0.1, 0.15) is 47.2 Å². The fourth-order valence-electron chi connectivity index (χ4n) is 4.05. The number of hydrogen-bond acceptors (Lipinski definition) is 4. The van der Waals surface area contributed by atoms with Gasteiger partial charge in [-0.05, 0) is 47.4 Å². The van der Waals surface area contributed by atoms with Gasteiger partial charge in [0, 0.05) is 17.2 Å². The second kappa shape index (κ2) is 9.83. The lowest BCUT2D eigenvalue weighted by molar-refractivity contribution is -0.121. The molecule has 1 aliphatic carbocycles. The Morgan fingerprint density at radius 3 is 2.56 bits per heavy atom. The Morgan fingerprint density at radius 2 is 1.81 bits per heavy atom. The first-order chi connectivity index (χ1) is 15.5. The van der Waals surface area contributed by atoms with E-state index < -0.39 is 5.91 Å². The summed E-state index contributed by atoms with van der Waals surface area (Å²) in [4.78, 5) is 24.8. The minimum absolute atomic E-state index is 0.0447. The lowest BCUT2D eigenvalue weighted by atomic mass is 9.98. The van der Waals surface area contributed by atoms with E-state index in [1.54, 1.807) is 6.21 Å². The number of phenolic OH excluding ortho intramolecular Hbond substituents is 1. The van der Waals surface area contributed by atoms with E-state index in [2.05, 4.69) is 15.8 Å². The molecule has 6 nitrogen and oxygen atoms in total. The molecule has 0 atom stereocenters. The van der Waals surface area contributed by atoms with Crippen LogP contribution in [0.4, 0.5) is 0 Å². The number of nitrogens with one attached hydrogen (secondary N) is 2. The Bertz CT molecular complexity index is 1190. The molecule has 3 aromatic rings. The molecule has 2 amide bonds. The molecular weight excluding hydrogens is 426 g/mol. The Balaban J connectivity index is 1.48. The summed E-state index contributed by atoms with van der Waals surface area (Å²) in [7, 11) is 0. The molecule has 0 heterocycles. The van der Waals surface area contributed by atoms with Crippen molar-refractivity contribution in [2.75, 3.05) is 0 Å². The highest BCUT2D eigenvalue weighted by molar-refractivity contribution is 6.32. The number of benzene rings is 3. The van der Waals surface area contributed by atoms with Crippen LogP contribution in [0.2, 0.25) is 5.02 Å². The molecular formula is C25H24ClN3O3. The minimum atomic E-state index is -0.437. The number of rotatable bonds is 6. The average molecular weight is 450 g/mol. The number of aromatic hydroxyl groups is 1. The lowest BCUT2D eigenvalue weighted by Crippen LogP contribution is -2.33. The summed E-state index contributed by atoms with van der Waals surface area (Å²) in [5.74, 6) is -0.480. The topological polar surface area (TPSA) is 90.8 Å². The van der Waals surface area contributed by atoms with E-state index in [1.807, 2.05) is 36.4 Å². The molecule has 0 bridgehead atoms. The SMILES string of the molecule is O=C(Cc1ccc(C=NNC(=O)c2ccc(O)c(Cl)c2)c2ccccc12)NC1CCCC1. The Kier molecular flexibility index (Phi) is 6.71. The number of halogens is 1. The number of carbonyl (C=O) groups is 2. The van der Waals surface area contributed by atoms with Gasteiger partial charge in [0.25, 0.3) is 5.91 Å². The molecule has 0 aliphatic heterocycles. The normalized spacial score (nSPS) is 14.2. The molecule has 1 aliphatic rings. The molecule has 1 saturated carbocycles. The van der Waals surface area contributed by atoms with Crippen LogP contribution in [0.15, 0.2) is 59.7 Å². The maximum absolute atomic E-state index is 12.5. The molecule has 0 spiro atoms. The minimum Gasteiger partial charge on any atom is -0.506 e. The fourth-order valence-corrected chi connectivity index (χ4v) is 4.23. The second-order valence-electron chi connectivity index (χ2n) is 7.95. The van der Waals surface area contributed by atoms with Gasteiger partial charge in [0.15, 0.2) is 0 Å². The van der Waals surface area contributed by atoms with Gasteiger partial charge in [-0.3, -0.25) is 9.59 Å². The summed E-state index contributed by atoms with van der Waals surface area (Å²) in [5, 5.41) is 18.7. The molecule has 0 saturated heterocycles. The van der Waals surface area contributed by atoms with Crippen molar-refractivity contribution < 1.29 is 14.7 Å². The number of fused-ring (bicyclic) bond motifs is 1. The standard InChI is InChI=1S/C25H24ClN3O3/c26-22-13-17(11-12-23(22)30)25(32)29-27-15-18-10-9-16(20-7-3-4-8-21(18)20)14-24(31)28-19-5-1-2-6-19/h3-4,7-13,15,19,30H,1-2,5-6,14H2,(H,28,31)(H,29,32). The Morgan fingerprint density at radius 1 is 1.06 bits per heavy atom. The Labute approximate surface area is 191 Å². The van der Waals surface area contributed by atoms with E-state index in [0.29, 0.717) is 18.0 Å². The Hall–Kier alpha value is -3.38. The highest BCUT2D eigenvalue weighted by Gasteiger charge is 2.18. The van der Waals surface area contributed by atoms with Crippen LogP contribution in [0, 0.1) is 0 Å². The number of nitrogens with zero attached hydrogens (tertiary/aromatic N) is 1.